The number of carbonyl (C=O) groups excluding carboxylic acids is 1. The van der Waals surface area contributed by atoms with Crippen molar-refractivity contribution in [2.24, 2.45) is 4.99 Å². The Bertz CT molecular complexity index is 1640. The summed E-state index contributed by atoms with van der Waals surface area (Å²) in [5, 5.41) is 3.07. The van der Waals surface area contributed by atoms with E-state index in [2.05, 4.69) is 43.7 Å². The molecule has 0 spiro atoms. The molecule has 0 bridgehead atoms. The van der Waals surface area contributed by atoms with Crippen LogP contribution in [-0.4, -0.2) is 21.7 Å². The molecular weight excluding hydrogens is 490 g/mol. The second-order valence-electron chi connectivity index (χ2n) is 9.03. The van der Waals surface area contributed by atoms with Crippen molar-refractivity contribution in [2.45, 2.75) is 52.6 Å². The number of hydrogen-bond acceptors (Lipinski definition) is 6. The highest BCUT2D eigenvalue weighted by Gasteiger charge is 2.34. The van der Waals surface area contributed by atoms with Crippen molar-refractivity contribution >= 4 is 45.6 Å². The van der Waals surface area contributed by atoms with Crippen molar-refractivity contribution in [2.75, 3.05) is 6.61 Å². The fourth-order valence-corrected chi connectivity index (χ4v) is 6.59. The molecule has 4 heterocycles. The zero-order valence-corrected chi connectivity index (χ0v) is 22.5. The number of esters is 1. The fourth-order valence-electron chi connectivity index (χ4n) is 4.75. The first-order chi connectivity index (χ1) is 17.4. The number of nitrogens with zero attached hydrogens (tertiary/aromatic N) is 3. The van der Waals surface area contributed by atoms with Crippen molar-refractivity contribution in [3.63, 3.8) is 0 Å². The number of benzene rings is 1. The van der Waals surface area contributed by atoms with Gasteiger partial charge < -0.3 is 9.30 Å². The number of carbonyl (C=O) groups is 1. The Kier molecular flexibility index (Phi) is 6.81. The van der Waals surface area contributed by atoms with Gasteiger partial charge in [-0.05, 0) is 50.8 Å². The van der Waals surface area contributed by atoms with Gasteiger partial charge in [0.1, 0.15) is 6.04 Å². The number of thiophene rings is 1. The molecule has 36 heavy (non-hydrogen) atoms. The lowest BCUT2D eigenvalue weighted by Crippen LogP contribution is -2.39. The number of aromatic nitrogens is 2. The molecule has 0 N–H and O–H groups in total. The molecule has 0 unspecified atom stereocenters. The molecule has 0 fully saturated rings. The summed E-state index contributed by atoms with van der Waals surface area (Å²) in [6.07, 6.45) is 5.55. The number of hydrogen-bond donors (Lipinski definition) is 0. The van der Waals surface area contributed by atoms with Crippen LogP contribution >= 0.6 is 22.7 Å². The van der Waals surface area contributed by atoms with Gasteiger partial charge in [-0.3, -0.25) is 9.36 Å². The largest absolute Gasteiger partial charge is 0.463 e. The molecule has 0 saturated carbocycles. The van der Waals surface area contributed by atoms with Crippen LogP contribution in [0.3, 0.4) is 0 Å². The molecule has 186 valence electrons. The maximum Gasteiger partial charge on any atom is 0.338 e. The average Bonchev–Trinajstić information content (AvgIpc) is 3.58. The summed E-state index contributed by atoms with van der Waals surface area (Å²) in [5.41, 5.74) is 3.17. The van der Waals surface area contributed by atoms with Crippen LogP contribution in [-0.2, 0) is 9.53 Å². The molecule has 0 amide bonds. The van der Waals surface area contributed by atoms with Crippen LogP contribution in [0.15, 0.2) is 69.0 Å². The standard InChI is InChI=1S/C28H29N3O3S2/c1-5-10-20-24(27(33)34-6-2)25(22-13-9-14-35-22)31-26(32)23(36-28(31)29-20)15-18-16-30(17(3)4)21-12-8-7-11-19(18)21/h7-9,11-17,25H,5-6,10H2,1-4H3/b23-15-/t25-/m1/s1. The quantitative estimate of drug-likeness (QED) is 0.316. The monoisotopic (exact) mass is 519 g/mol. The maximum absolute atomic E-state index is 13.9. The summed E-state index contributed by atoms with van der Waals surface area (Å²) in [5.74, 6) is -0.405. The minimum Gasteiger partial charge on any atom is -0.463 e. The van der Waals surface area contributed by atoms with Crippen LogP contribution in [0.25, 0.3) is 17.0 Å². The lowest BCUT2D eigenvalue weighted by atomic mass is 9.99. The summed E-state index contributed by atoms with van der Waals surface area (Å²) in [7, 11) is 0. The number of ether oxygens (including phenoxy) is 1. The maximum atomic E-state index is 13.9. The van der Waals surface area contributed by atoms with Gasteiger partial charge in [0.05, 0.1) is 22.4 Å². The predicted molar refractivity (Wildman–Crippen MR) is 146 cm³/mol. The number of allylic oxidation sites excluding steroid dienone is 1. The van der Waals surface area contributed by atoms with Gasteiger partial charge in [-0.2, -0.15) is 0 Å². The lowest BCUT2D eigenvalue weighted by molar-refractivity contribution is -0.139. The zero-order chi connectivity index (χ0) is 25.4. The Labute approximate surface area is 217 Å². The summed E-state index contributed by atoms with van der Waals surface area (Å²) >= 11 is 2.91. The van der Waals surface area contributed by atoms with Crippen LogP contribution in [0.2, 0.25) is 0 Å². The third-order valence-electron chi connectivity index (χ3n) is 6.32. The Hall–Kier alpha value is -3.23. The minimum absolute atomic E-state index is 0.143. The molecule has 1 aliphatic rings. The minimum atomic E-state index is -0.541. The van der Waals surface area contributed by atoms with Crippen molar-refractivity contribution in [1.29, 1.82) is 0 Å². The Morgan fingerprint density at radius 1 is 1.19 bits per heavy atom. The summed E-state index contributed by atoms with van der Waals surface area (Å²) in [4.78, 5) is 33.4. The van der Waals surface area contributed by atoms with E-state index in [0.717, 1.165) is 27.8 Å². The molecule has 4 aromatic rings. The van der Waals surface area contributed by atoms with Gasteiger partial charge in [0.25, 0.3) is 5.56 Å². The van der Waals surface area contributed by atoms with E-state index in [0.29, 0.717) is 33.1 Å². The van der Waals surface area contributed by atoms with Gasteiger partial charge in [0.15, 0.2) is 4.80 Å². The number of rotatable bonds is 7. The summed E-state index contributed by atoms with van der Waals surface area (Å²) in [6, 6.07) is 11.9. The van der Waals surface area contributed by atoms with Crippen LogP contribution in [0.5, 0.6) is 0 Å². The molecular formula is C28H29N3O3S2. The molecule has 8 heteroatoms. The van der Waals surface area contributed by atoms with E-state index in [4.69, 9.17) is 9.73 Å². The van der Waals surface area contributed by atoms with Crippen molar-refractivity contribution in [3.8, 4) is 0 Å². The van der Waals surface area contributed by atoms with Crippen molar-refractivity contribution < 1.29 is 9.53 Å². The predicted octanol–water partition coefficient (Wildman–Crippen LogP) is 5.18. The molecule has 0 saturated heterocycles. The number of para-hydroxylation sites is 1. The first-order valence-corrected chi connectivity index (χ1v) is 14.0. The molecule has 3 aromatic heterocycles. The number of thiazole rings is 1. The average molecular weight is 520 g/mol. The molecule has 5 rings (SSSR count). The van der Waals surface area contributed by atoms with E-state index in [1.807, 2.05) is 35.7 Å². The first kappa shape index (κ1) is 24.5. The first-order valence-electron chi connectivity index (χ1n) is 12.3. The third kappa shape index (κ3) is 4.18. The molecule has 1 aromatic carbocycles. The smallest absolute Gasteiger partial charge is 0.338 e. The van der Waals surface area contributed by atoms with Crippen LogP contribution in [0, 0.1) is 0 Å². The van der Waals surface area contributed by atoms with Gasteiger partial charge in [0, 0.05) is 33.6 Å². The van der Waals surface area contributed by atoms with Crippen LogP contribution in [0.1, 0.15) is 63.1 Å². The highest BCUT2D eigenvalue weighted by Crippen LogP contribution is 2.34. The van der Waals surface area contributed by atoms with Crippen molar-refractivity contribution in [3.05, 3.63) is 89.4 Å². The van der Waals surface area contributed by atoms with E-state index in [-0.39, 0.29) is 12.2 Å². The Morgan fingerprint density at radius 3 is 2.69 bits per heavy atom. The van der Waals surface area contributed by atoms with Crippen LogP contribution < -0.4 is 14.9 Å². The second-order valence-corrected chi connectivity index (χ2v) is 11.0. The topological polar surface area (TPSA) is 65.6 Å². The fraction of sp³-hybridized carbons (Fsp3) is 0.321. The van der Waals surface area contributed by atoms with E-state index in [1.165, 1.54) is 22.7 Å². The molecule has 1 aliphatic heterocycles. The normalized spacial score (nSPS) is 16.0. The highest BCUT2D eigenvalue weighted by molar-refractivity contribution is 7.10. The van der Waals surface area contributed by atoms with E-state index >= 15 is 0 Å². The Balaban J connectivity index is 1.76. The van der Waals surface area contributed by atoms with Crippen LogP contribution in [0.4, 0.5) is 0 Å². The van der Waals surface area contributed by atoms with Gasteiger partial charge in [-0.15, -0.1) is 11.3 Å². The van der Waals surface area contributed by atoms with Gasteiger partial charge in [0.2, 0.25) is 0 Å². The lowest BCUT2D eigenvalue weighted by Gasteiger charge is -2.24. The van der Waals surface area contributed by atoms with E-state index in [1.54, 1.807) is 11.5 Å². The van der Waals surface area contributed by atoms with Crippen molar-refractivity contribution in [1.82, 2.24) is 9.13 Å². The molecule has 0 radical (unpaired) electrons. The zero-order valence-electron chi connectivity index (χ0n) is 20.9. The molecule has 1 atom stereocenters. The van der Waals surface area contributed by atoms with Gasteiger partial charge in [-0.1, -0.05) is 48.9 Å². The summed E-state index contributed by atoms with van der Waals surface area (Å²) < 4.78 is 9.95. The van der Waals surface area contributed by atoms with Gasteiger partial charge >= 0.3 is 5.97 Å². The number of fused-ring (bicyclic) bond motifs is 2. The molecule has 6 nitrogen and oxygen atoms in total. The Morgan fingerprint density at radius 2 is 2.00 bits per heavy atom. The molecule has 0 aliphatic carbocycles. The van der Waals surface area contributed by atoms with E-state index < -0.39 is 12.0 Å². The van der Waals surface area contributed by atoms with Gasteiger partial charge in [-0.25, -0.2) is 9.79 Å². The van der Waals surface area contributed by atoms with E-state index in [9.17, 15) is 9.59 Å². The summed E-state index contributed by atoms with van der Waals surface area (Å²) in [6.45, 7) is 8.42. The third-order valence-corrected chi connectivity index (χ3v) is 8.23. The highest BCUT2D eigenvalue weighted by atomic mass is 32.1. The SMILES string of the molecule is CCCC1=C(C(=O)OCC)[C@@H](c2cccs2)n2c(s/c(=C\c3cn(C(C)C)c4ccccc34)c2=O)=N1. The second kappa shape index (κ2) is 10.0.